The molecule has 162 valence electrons. The van der Waals surface area contributed by atoms with Gasteiger partial charge in [0.2, 0.25) is 11.8 Å². The zero-order valence-corrected chi connectivity index (χ0v) is 19.0. The number of nitrogens with one attached hydrogen (secondary N) is 2. The quantitative estimate of drug-likeness (QED) is 0.626. The van der Waals surface area contributed by atoms with Crippen molar-refractivity contribution >= 4 is 29.3 Å². The zero-order valence-electron chi connectivity index (χ0n) is 18.2. The summed E-state index contributed by atoms with van der Waals surface area (Å²) in [7, 11) is 0. The molecular weight excluding hydrogens is 398 g/mol. The van der Waals surface area contributed by atoms with E-state index in [1.54, 1.807) is 0 Å². The molecule has 1 aliphatic carbocycles. The molecule has 0 saturated heterocycles. The third kappa shape index (κ3) is 5.62. The number of hydrogen-bond acceptors (Lipinski definition) is 5. The lowest BCUT2D eigenvalue weighted by molar-refractivity contribution is -0.121. The van der Waals surface area contributed by atoms with Crippen molar-refractivity contribution in [2.45, 2.75) is 82.8 Å². The normalized spacial score (nSPS) is 15.2. The molecule has 1 heterocycles. The Bertz CT molecular complexity index is 905. The number of aryl methyl sites for hydroxylation is 2. The highest BCUT2D eigenvalue weighted by Crippen LogP contribution is 2.24. The fourth-order valence-corrected chi connectivity index (χ4v) is 4.69. The van der Waals surface area contributed by atoms with Gasteiger partial charge < -0.3 is 15.2 Å². The minimum Gasteiger partial charge on any atom is -0.352 e. The number of amides is 2. The minimum atomic E-state index is -0.267. The van der Waals surface area contributed by atoms with E-state index in [0.29, 0.717) is 23.6 Å². The summed E-state index contributed by atoms with van der Waals surface area (Å²) in [6, 6.07) is 6.23. The van der Waals surface area contributed by atoms with E-state index in [0.717, 1.165) is 29.7 Å². The summed E-state index contributed by atoms with van der Waals surface area (Å²) in [6.45, 7) is 8.51. The highest BCUT2D eigenvalue weighted by atomic mass is 32.2. The lowest BCUT2D eigenvalue weighted by Gasteiger charge is -2.16. The van der Waals surface area contributed by atoms with Gasteiger partial charge in [-0.15, -0.1) is 10.2 Å². The van der Waals surface area contributed by atoms with E-state index in [1.165, 1.54) is 24.6 Å². The molecule has 1 atom stereocenters. The molecule has 0 radical (unpaired) electrons. The number of rotatable bonds is 8. The van der Waals surface area contributed by atoms with Gasteiger partial charge in [0.1, 0.15) is 5.82 Å². The number of carbonyl (C=O) groups excluding carboxylic acids is 2. The Morgan fingerprint density at radius 3 is 2.63 bits per heavy atom. The van der Waals surface area contributed by atoms with Gasteiger partial charge in [0.15, 0.2) is 5.16 Å². The van der Waals surface area contributed by atoms with Gasteiger partial charge in [0.25, 0.3) is 0 Å². The van der Waals surface area contributed by atoms with Crippen LogP contribution in [-0.2, 0) is 22.6 Å². The number of anilines is 1. The van der Waals surface area contributed by atoms with Crippen LogP contribution in [0.3, 0.4) is 0 Å². The average molecular weight is 430 g/mol. The van der Waals surface area contributed by atoms with Gasteiger partial charge in [-0.2, -0.15) is 0 Å². The predicted octanol–water partition coefficient (Wildman–Crippen LogP) is 3.64. The molecule has 0 aliphatic heterocycles. The molecule has 3 rings (SSSR count). The smallest absolute Gasteiger partial charge is 0.233 e. The molecule has 2 aromatic rings. The summed E-state index contributed by atoms with van der Waals surface area (Å²) in [5, 5.41) is 15.0. The van der Waals surface area contributed by atoms with Crippen LogP contribution >= 0.6 is 11.8 Å². The molecule has 0 unspecified atom stereocenters. The monoisotopic (exact) mass is 429 g/mol. The number of nitrogens with zero attached hydrogens (tertiary/aromatic N) is 3. The van der Waals surface area contributed by atoms with Crippen LogP contribution in [-0.4, -0.2) is 37.9 Å². The molecule has 1 saturated carbocycles. The van der Waals surface area contributed by atoms with Crippen LogP contribution in [0.1, 0.15) is 56.5 Å². The summed E-state index contributed by atoms with van der Waals surface area (Å²) in [5.74, 6) is 0.505. The Labute approximate surface area is 182 Å². The van der Waals surface area contributed by atoms with E-state index < -0.39 is 0 Å². The Morgan fingerprint density at radius 1 is 1.23 bits per heavy atom. The van der Waals surface area contributed by atoms with Crippen molar-refractivity contribution < 1.29 is 9.59 Å². The van der Waals surface area contributed by atoms with Crippen molar-refractivity contribution in [1.29, 1.82) is 0 Å². The first kappa shape index (κ1) is 22.3. The standard InChI is InChI=1S/C22H31N5O2S/c1-5-27-19(13-20(28)24-18-11-10-14(2)12-15(18)3)25-26-22(27)30-16(4)21(29)23-17-8-6-7-9-17/h10-12,16-17H,5-9,13H2,1-4H3,(H,23,29)(H,24,28)/t16-/m1/s1. The Hall–Kier alpha value is -2.35. The topological polar surface area (TPSA) is 88.9 Å². The summed E-state index contributed by atoms with van der Waals surface area (Å²) in [4.78, 5) is 25.1. The van der Waals surface area contributed by atoms with E-state index >= 15 is 0 Å². The van der Waals surface area contributed by atoms with Gasteiger partial charge in [-0.1, -0.05) is 42.3 Å². The van der Waals surface area contributed by atoms with Crippen molar-refractivity contribution in [3.63, 3.8) is 0 Å². The maximum Gasteiger partial charge on any atom is 0.233 e. The molecule has 0 bridgehead atoms. The van der Waals surface area contributed by atoms with Gasteiger partial charge in [-0.3, -0.25) is 9.59 Å². The minimum absolute atomic E-state index is 0.0340. The first-order chi connectivity index (χ1) is 14.4. The van der Waals surface area contributed by atoms with Crippen LogP contribution in [0.2, 0.25) is 0 Å². The van der Waals surface area contributed by atoms with Crippen LogP contribution < -0.4 is 10.6 Å². The second-order valence-corrected chi connectivity index (χ2v) is 9.24. The summed E-state index contributed by atoms with van der Waals surface area (Å²) in [5.41, 5.74) is 2.99. The van der Waals surface area contributed by atoms with Gasteiger partial charge in [-0.25, -0.2) is 0 Å². The number of carbonyl (C=O) groups is 2. The Morgan fingerprint density at radius 2 is 1.97 bits per heavy atom. The first-order valence-corrected chi connectivity index (χ1v) is 11.5. The van der Waals surface area contributed by atoms with Crippen molar-refractivity contribution in [3.8, 4) is 0 Å². The van der Waals surface area contributed by atoms with Gasteiger partial charge >= 0.3 is 0 Å². The molecule has 2 amide bonds. The van der Waals surface area contributed by atoms with Gasteiger partial charge in [0.05, 0.1) is 11.7 Å². The molecule has 1 aliphatic rings. The van der Waals surface area contributed by atoms with Crippen LogP contribution in [0.4, 0.5) is 5.69 Å². The summed E-state index contributed by atoms with van der Waals surface area (Å²) in [6.07, 6.45) is 4.63. The molecule has 1 aromatic heterocycles. The largest absolute Gasteiger partial charge is 0.352 e. The van der Waals surface area contributed by atoms with Crippen LogP contribution in [0.15, 0.2) is 23.4 Å². The number of aromatic nitrogens is 3. The van der Waals surface area contributed by atoms with Crippen molar-refractivity contribution in [3.05, 3.63) is 35.2 Å². The fourth-order valence-electron chi connectivity index (χ4n) is 3.75. The van der Waals surface area contributed by atoms with E-state index in [-0.39, 0.29) is 23.5 Å². The number of hydrogen-bond donors (Lipinski definition) is 2. The van der Waals surface area contributed by atoms with E-state index in [9.17, 15) is 9.59 Å². The van der Waals surface area contributed by atoms with Crippen molar-refractivity contribution in [2.75, 3.05) is 5.32 Å². The second kappa shape index (κ2) is 10.1. The van der Waals surface area contributed by atoms with Crippen LogP contribution in [0, 0.1) is 13.8 Å². The highest BCUT2D eigenvalue weighted by molar-refractivity contribution is 8.00. The molecule has 8 heteroatoms. The first-order valence-electron chi connectivity index (χ1n) is 10.6. The molecule has 30 heavy (non-hydrogen) atoms. The number of benzene rings is 1. The maximum atomic E-state index is 12.6. The van der Waals surface area contributed by atoms with Gasteiger partial charge in [0, 0.05) is 18.3 Å². The van der Waals surface area contributed by atoms with Gasteiger partial charge in [-0.05, 0) is 52.2 Å². The molecule has 0 spiro atoms. The van der Waals surface area contributed by atoms with E-state index in [4.69, 9.17) is 0 Å². The number of thioether (sulfide) groups is 1. The van der Waals surface area contributed by atoms with Crippen molar-refractivity contribution in [1.82, 2.24) is 20.1 Å². The SMILES string of the molecule is CCn1c(CC(=O)Nc2ccc(C)cc2C)nnc1S[C@H](C)C(=O)NC1CCCC1. The molecule has 1 fully saturated rings. The van der Waals surface area contributed by atoms with E-state index in [2.05, 4.69) is 20.8 Å². The predicted molar refractivity (Wildman–Crippen MR) is 120 cm³/mol. The van der Waals surface area contributed by atoms with E-state index in [1.807, 2.05) is 50.5 Å². The second-order valence-electron chi connectivity index (χ2n) is 7.94. The Balaban J connectivity index is 1.61. The maximum absolute atomic E-state index is 12.6. The van der Waals surface area contributed by atoms with Crippen LogP contribution in [0.25, 0.3) is 0 Å². The highest BCUT2D eigenvalue weighted by Gasteiger charge is 2.24. The molecule has 7 nitrogen and oxygen atoms in total. The third-order valence-corrected chi connectivity index (χ3v) is 6.52. The molecule has 1 aromatic carbocycles. The fraction of sp³-hybridized carbons (Fsp3) is 0.545. The van der Waals surface area contributed by atoms with Crippen molar-refractivity contribution in [2.24, 2.45) is 0 Å². The van der Waals surface area contributed by atoms with Crippen LogP contribution in [0.5, 0.6) is 0 Å². The zero-order chi connectivity index (χ0) is 21.7. The Kier molecular flexibility index (Phi) is 7.53. The average Bonchev–Trinajstić information content (AvgIpc) is 3.33. The molecule has 2 N–H and O–H groups in total. The third-order valence-electron chi connectivity index (χ3n) is 5.44. The molecular formula is C22H31N5O2S. The lowest BCUT2D eigenvalue weighted by atomic mass is 10.1. The summed E-state index contributed by atoms with van der Waals surface area (Å²) >= 11 is 1.39. The summed E-state index contributed by atoms with van der Waals surface area (Å²) < 4.78 is 1.91. The lowest BCUT2D eigenvalue weighted by Crippen LogP contribution is -2.37.